The number of hydrogen-bond donors (Lipinski definition) is 1. The monoisotopic (exact) mass is 273 g/mol. The van der Waals surface area contributed by atoms with Gasteiger partial charge in [0.05, 0.1) is 0 Å². The van der Waals surface area contributed by atoms with Crippen molar-refractivity contribution in [3.63, 3.8) is 0 Å². The smallest absolute Gasteiger partial charge is 0.170 e. The molecule has 0 spiro atoms. The van der Waals surface area contributed by atoms with E-state index in [-0.39, 0.29) is 5.82 Å². The standard InChI is InChI=1S/C16H20FN3/c1-3-18-11-14-9-10-19-16(15(14)17)20(2)12-13-7-5-4-6-8-13/h4-10,18H,3,11-12H2,1-2H3. The van der Waals surface area contributed by atoms with Gasteiger partial charge in [-0.3, -0.25) is 0 Å². The number of halogens is 1. The molecule has 106 valence electrons. The number of nitrogens with zero attached hydrogens (tertiary/aromatic N) is 2. The first-order valence-electron chi connectivity index (χ1n) is 6.81. The number of benzene rings is 1. The van der Waals surface area contributed by atoms with Crippen LogP contribution in [0.3, 0.4) is 0 Å². The Morgan fingerprint density at radius 3 is 2.65 bits per heavy atom. The lowest BCUT2D eigenvalue weighted by molar-refractivity contribution is 0.583. The normalized spacial score (nSPS) is 10.6. The molecule has 0 radical (unpaired) electrons. The van der Waals surface area contributed by atoms with Crippen LogP contribution in [-0.4, -0.2) is 18.6 Å². The van der Waals surface area contributed by atoms with Crippen molar-refractivity contribution in [3.8, 4) is 0 Å². The third-order valence-electron chi connectivity index (χ3n) is 3.14. The lowest BCUT2D eigenvalue weighted by Crippen LogP contribution is -2.21. The molecule has 0 fully saturated rings. The van der Waals surface area contributed by atoms with E-state index in [1.165, 1.54) is 0 Å². The molecule has 3 nitrogen and oxygen atoms in total. The van der Waals surface area contributed by atoms with Gasteiger partial charge in [0.1, 0.15) is 0 Å². The highest BCUT2D eigenvalue weighted by Crippen LogP contribution is 2.20. The number of aromatic nitrogens is 1. The van der Waals surface area contributed by atoms with Gasteiger partial charge in [0, 0.05) is 31.9 Å². The minimum Gasteiger partial charge on any atom is -0.353 e. The molecule has 1 N–H and O–H groups in total. The minimum absolute atomic E-state index is 0.244. The molecule has 0 saturated heterocycles. The largest absolute Gasteiger partial charge is 0.353 e. The topological polar surface area (TPSA) is 28.2 Å². The van der Waals surface area contributed by atoms with Crippen molar-refractivity contribution in [2.24, 2.45) is 0 Å². The average molecular weight is 273 g/mol. The maximum absolute atomic E-state index is 14.4. The predicted octanol–water partition coefficient (Wildman–Crippen LogP) is 2.97. The highest BCUT2D eigenvalue weighted by Gasteiger charge is 2.13. The Labute approximate surface area is 119 Å². The Kier molecular flexibility index (Phi) is 5.07. The molecule has 1 aromatic heterocycles. The maximum Gasteiger partial charge on any atom is 0.170 e. The van der Waals surface area contributed by atoms with Crippen molar-refractivity contribution in [1.82, 2.24) is 10.3 Å². The lowest BCUT2D eigenvalue weighted by atomic mass is 10.2. The summed E-state index contributed by atoms with van der Waals surface area (Å²) in [6.07, 6.45) is 1.66. The van der Waals surface area contributed by atoms with Crippen LogP contribution >= 0.6 is 0 Å². The molecule has 0 atom stereocenters. The van der Waals surface area contributed by atoms with Crippen LogP contribution in [0.1, 0.15) is 18.1 Å². The van der Waals surface area contributed by atoms with E-state index >= 15 is 0 Å². The van der Waals surface area contributed by atoms with Gasteiger partial charge >= 0.3 is 0 Å². The second-order valence-corrected chi connectivity index (χ2v) is 4.73. The van der Waals surface area contributed by atoms with Crippen LogP contribution in [0.2, 0.25) is 0 Å². The number of hydrogen-bond acceptors (Lipinski definition) is 3. The highest BCUT2D eigenvalue weighted by atomic mass is 19.1. The van der Waals surface area contributed by atoms with Gasteiger partial charge in [-0.1, -0.05) is 37.3 Å². The summed E-state index contributed by atoms with van der Waals surface area (Å²) >= 11 is 0. The third kappa shape index (κ3) is 3.54. The molecule has 2 aromatic rings. The zero-order valence-electron chi connectivity index (χ0n) is 11.9. The van der Waals surface area contributed by atoms with Crippen molar-refractivity contribution < 1.29 is 4.39 Å². The van der Waals surface area contributed by atoms with Crippen LogP contribution < -0.4 is 10.2 Å². The van der Waals surface area contributed by atoms with Crippen LogP contribution in [0.25, 0.3) is 0 Å². The first-order valence-corrected chi connectivity index (χ1v) is 6.81. The van der Waals surface area contributed by atoms with Crippen LogP contribution in [0, 0.1) is 5.82 Å². The second kappa shape index (κ2) is 7.01. The van der Waals surface area contributed by atoms with Crippen LogP contribution in [-0.2, 0) is 13.1 Å². The van der Waals surface area contributed by atoms with E-state index in [0.717, 1.165) is 12.1 Å². The van der Waals surface area contributed by atoms with Crippen molar-refractivity contribution in [1.29, 1.82) is 0 Å². The fraction of sp³-hybridized carbons (Fsp3) is 0.312. The van der Waals surface area contributed by atoms with Crippen LogP contribution in [0.4, 0.5) is 10.2 Å². The molecule has 1 heterocycles. The van der Waals surface area contributed by atoms with Gasteiger partial charge in [0.25, 0.3) is 0 Å². The van der Waals surface area contributed by atoms with Crippen molar-refractivity contribution >= 4 is 5.82 Å². The second-order valence-electron chi connectivity index (χ2n) is 4.73. The highest BCUT2D eigenvalue weighted by molar-refractivity contribution is 5.43. The van der Waals surface area contributed by atoms with Gasteiger partial charge in [0.2, 0.25) is 0 Å². The van der Waals surface area contributed by atoms with E-state index in [2.05, 4.69) is 10.3 Å². The molecular weight excluding hydrogens is 253 g/mol. The van der Waals surface area contributed by atoms with Gasteiger partial charge in [-0.2, -0.15) is 0 Å². The molecule has 0 saturated carbocycles. The molecule has 0 amide bonds. The van der Waals surface area contributed by atoms with E-state index < -0.39 is 0 Å². The van der Waals surface area contributed by atoms with E-state index in [0.29, 0.717) is 24.5 Å². The maximum atomic E-state index is 14.4. The van der Waals surface area contributed by atoms with Gasteiger partial charge in [-0.15, -0.1) is 0 Å². The molecular formula is C16H20FN3. The molecule has 2 rings (SSSR count). The predicted molar refractivity (Wildman–Crippen MR) is 80.1 cm³/mol. The molecule has 0 aliphatic carbocycles. The fourth-order valence-corrected chi connectivity index (χ4v) is 2.07. The Balaban J connectivity index is 2.15. The quantitative estimate of drug-likeness (QED) is 0.877. The van der Waals surface area contributed by atoms with E-state index in [1.807, 2.05) is 49.2 Å². The van der Waals surface area contributed by atoms with Gasteiger partial charge < -0.3 is 10.2 Å². The molecule has 0 bridgehead atoms. The molecule has 0 unspecified atom stereocenters. The lowest BCUT2D eigenvalue weighted by Gasteiger charge is -2.20. The number of rotatable bonds is 6. The first kappa shape index (κ1) is 14.5. The summed E-state index contributed by atoms with van der Waals surface area (Å²) in [4.78, 5) is 6.00. The van der Waals surface area contributed by atoms with Crippen molar-refractivity contribution in [3.05, 3.63) is 59.5 Å². The molecule has 4 heteroatoms. The summed E-state index contributed by atoms with van der Waals surface area (Å²) in [5, 5.41) is 3.13. The number of anilines is 1. The number of nitrogens with one attached hydrogen (secondary N) is 1. The summed E-state index contributed by atoms with van der Waals surface area (Å²) in [5.74, 6) is 0.149. The van der Waals surface area contributed by atoms with E-state index in [4.69, 9.17) is 0 Å². The van der Waals surface area contributed by atoms with Crippen molar-refractivity contribution in [2.75, 3.05) is 18.5 Å². The van der Waals surface area contributed by atoms with Gasteiger partial charge in [-0.05, 0) is 18.2 Å². The fourth-order valence-electron chi connectivity index (χ4n) is 2.07. The Hall–Kier alpha value is -1.94. The first-order chi connectivity index (χ1) is 9.72. The summed E-state index contributed by atoms with van der Waals surface area (Å²) in [5.41, 5.74) is 1.78. The van der Waals surface area contributed by atoms with Gasteiger partial charge in [0.15, 0.2) is 11.6 Å². The number of pyridine rings is 1. The average Bonchev–Trinajstić information content (AvgIpc) is 2.47. The Bertz CT molecular complexity index is 543. The minimum atomic E-state index is -0.244. The third-order valence-corrected chi connectivity index (χ3v) is 3.14. The molecule has 1 aromatic carbocycles. The molecule has 0 aliphatic heterocycles. The summed E-state index contributed by atoms with van der Waals surface area (Å²) < 4.78 is 14.4. The summed E-state index contributed by atoms with van der Waals surface area (Å²) in [6, 6.07) is 11.7. The Morgan fingerprint density at radius 1 is 1.20 bits per heavy atom. The zero-order chi connectivity index (χ0) is 14.4. The van der Waals surface area contributed by atoms with Crippen LogP contribution in [0.15, 0.2) is 42.6 Å². The Morgan fingerprint density at radius 2 is 1.95 bits per heavy atom. The molecule has 20 heavy (non-hydrogen) atoms. The summed E-state index contributed by atoms with van der Waals surface area (Å²) in [6.45, 7) is 3.98. The van der Waals surface area contributed by atoms with Crippen molar-refractivity contribution in [2.45, 2.75) is 20.0 Å². The van der Waals surface area contributed by atoms with E-state index in [1.54, 1.807) is 12.3 Å². The van der Waals surface area contributed by atoms with Gasteiger partial charge in [-0.25, -0.2) is 9.37 Å². The zero-order valence-corrected chi connectivity index (χ0v) is 11.9. The summed E-state index contributed by atoms with van der Waals surface area (Å²) in [7, 11) is 1.86. The SMILES string of the molecule is CCNCc1ccnc(N(C)Cc2ccccc2)c1F. The van der Waals surface area contributed by atoms with Crippen LogP contribution in [0.5, 0.6) is 0 Å². The molecule has 0 aliphatic rings. The van der Waals surface area contributed by atoms with E-state index in [9.17, 15) is 4.39 Å².